The number of carbonyl (C=O) groups excluding carboxylic acids is 1. The lowest BCUT2D eigenvalue weighted by Crippen LogP contribution is -2.16. The summed E-state index contributed by atoms with van der Waals surface area (Å²) in [6.45, 7) is 0. The highest BCUT2D eigenvalue weighted by Crippen LogP contribution is 2.38. The molecule has 0 bridgehead atoms. The lowest BCUT2D eigenvalue weighted by molar-refractivity contribution is -0.143. The maximum atomic E-state index is 12.8. The molecule has 140 valence electrons. The Labute approximate surface area is 141 Å². The van der Waals surface area contributed by atoms with Gasteiger partial charge in [-0.2, -0.15) is 26.3 Å². The fourth-order valence-corrected chi connectivity index (χ4v) is 2.00. The maximum absolute atomic E-state index is 12.8. The van der Waals surface area contributed by atoms with Gasteiger partial charge in [0.25, 0.3) is 5.91 Å². The Hall–Kier alpha value is -3.11. The van der Waals surface area contributed by atoms with Crippen LogP contribution in [0.25, 0.3) is 0 Å². The van der Waals surface area contributed by atoms with E-state index in [9.17, 15) is 46.5 Å². The molecule has 2 rings (SSSR count). The van der Waals surface area contributed by atoms with Crippen molar-refractivity contribution in [3.05, 3.63) is 47.0 Å². The molecule has 0 aliphatic heterocycles. The Kier molecular flexibility index (Phi) is 4.67. The van der Waals surface area contributed by atoms with E-state index in [1.807, 2.05) is 0 Å². The Morgan fingerprint density at radius 3 is 1.77 bits per heavy atom. The Morgan fingerprint density at radius 1 is 0.808 bits per heavy atom. The van der Waals surface area contributed by atoms with Crippen LogP contribution in [0.4, 0.5) is 32.0 Å². The van der Waals surface area contributed by atoms with Crippen molar-refractivity contribution in [2.75, 3.05) is 5.32 Å². The van der Waals surface area contributed by atoms with Crippen LogP contribution in [-0.2, 0) is 12.4 Å². The number of amides is 1. The summed E-state index contributed by atoms with van der Waals surface area (Å²) >= 11 is 0. The van der Waals surface area contributed by atoms with E-state index in [0.29, 0.717) is 12.1 Å². The number of aromatic hydroxyl groups is 3. The third-order valence-electron chi connectivity index (χ3n) is 3.16. The number of rotatable bonds is 2. The zero-order valence-electron chi connectivity index (χ0n) is 12.4. The van der Waals surface area contributed by atoms with Gasteiger partial charge in [-0.15, -0.1) is 0 Å². The minimum absolute atomic E-state index is 0.118. The van der Waals surface area contributed by atoms with Crippen molar-refractivity contribution >= 4 is 11.6 Å². The second-order valence-corrected chi connectivity index (χ2v) is 5.11. The average Bonchev–Trinajstić information content (AvgIpc) is 2.48. The van der Waals surface area contributed by atoms with E-state index in [0.717, 1.165) is 0 Å². The van der Waals surface area contributed by atoms with Gasteiger partial charge in [0.2, 0.25) is 0 Å². The number of hydrogen-bond donors (Lipinski definition) is 4. The van der Waals surface area contributed by atoms with Crippen molar-refractivity contribution in [1.29, 1.82) is 0 Å². The second kappa shape index (κ2) is 6.32. The quantitative estimate of drug-likeness (QED) is 0.358. The number of phenols is 3. The van der Waals surface area contributed by atoms with Crippen molar-refractivity contribution in [2.24, 2.45) is 0 Å². The molecule has 4 N–H and O–H groups in total. The van der Waals surface area contributed by atoms with E-state index in [1.165, 1.54) is 0 Å². The van der Waals surface area contributed by atoms with Crippen molar-refractivity contribution in [2.45, 2.75) is 12.4 Å². The third-order valence-corrected chi connectivity index (χ3v) is 3.16. The van der Waals surface area contributed by atoms with Crippen LogP contribution in [0.2, 0.25) is 0 Å². The number of benzene rings is 2. The third kappa shape index (κ3) is 4.10. The monoisotopic (exact) mass is 381 g/mol. The molecule has 2 aromatic rings. The molecule has 0 aliphatic rings. The van der Waals surface area contributed by atoms with Crippen LogP contribution in [0.3, 0.4) is 0 Å². The van der Waals surface area contributed by atoms with Crippen LogP contribution >= 0.6 is 0 Å². The molecule has 0 aromatic heterocycles. The van der Waals surface area contributed by atoms with Gasteiger partial charge >= 0.3 is 12.4 Å². The van der Waals surface area contributed by atoms with Crippen LogP contribution in [-0.4, -0.2) is 21.2 Å². The molecule has 26 heavy (non-hydrogen) atoms. The first kappa shape index (κ1) is 19.2. The van der Waals surface area contributed by atoms with Crippen LogP contribution < -0.4 is 5.32 Å². The number of halogens is 6. The number of phenolic OH excluding ortho intramolecular Hbond substituents is 3. The fourth-order valence-electron chi connectivity index (χ4n) is 2.00. The summed E-state index contributed by atoms with van der Waals surface area (Å²) in [6, 6.07) is 1.77. The summed E-state index contributed by atoms with van der Waals surface area (Å²) < 4.78 is 76.7. The number of alkyl halides is 6. The normalized spacial score (nSPS) is 12.1. The molecular formula is C15H9F6NO4. The minimum Gasteiger partial charge on any atom is -0.508 e. The zero-order chi connectivity index (χ0) is 19.9. The van der Waals surface area contributed by atoms with E-state index < -0.39 is 57.9 Å². The number of carbonyl (C=O) groups is 1. The largest absolute Gasteiger partial charge is 0.508 e. The summed E-state index contributed by atoms with van der Waals surface area (Å²) in [5, 5.41) is 29.9. The molecule has 0 fully saturated rings. The SMILES string of the molecule is O=C(Nc1cc(C(F)(F)F)cc(C(F)(F)F)c1)c1cc(O)cc(O)c1O. The molecule has 0 heterocycles. The van der Waals surface area contributed by atoms with Gasteiger partial charge in [-0.25, -0.2) is 0 Å². The molecule has 0 aliphatic carbocycles. The van der Waals surface area contributed by atoms with Crippen LogP contribution in [0.15, 0.2) is 30.3 Å². The molecule has 0 unspecified atom stereocenters. The standard InChI is InChI=1S/C15H9F6NO4/c16-14(17,18)6-1-7(15(19,20)21)3-8(2-6)22-13(26)10-4-9(23)5-11(24)12(10)25/h1-5,23-25H,(H,22,26). The number of nitrogens with one attached hydrogen (secondary N) is 1. The van der Waals surface area contributed by atoms with Crippen LogP contribution in [0.1, 0.15) is 21.5 Å². The number of hydrogen-bond acceptors (Lipinski definition) is 4. The molecule has 5 nitrogen and oxygen atoms in total. The van der Waals surface area contributed by atoms with E-state index in [-0.39, 0.29) is 18.2 Å². The van der Waals surface area contributed by atoms with Gasteiger partial charge in [-0.1, -0.05) is 0 Å². The van der Waals surface area contributed by atoms with Gasteiger partial charge in [-0.05, 0) is 24.3 Å². The first-order valence-electron chi connectivity index (χ1n) is 6.65. The van der Waals surface area contributed by atoms with Crippen molar-refractivity contribution in [3.8, 4) is 17.2 Å². The number of anilines is 1. The lowest BCUT2D eigenvalue weighted by Gasteiger charge is -2.15. The van der Waals surface area contributed by atoms with Crippen LogP contribution in [0, 0.1) is 0 Å². The van der Waals surface area contributed by atoms with Gasteiger partial charge in [0.15, 0.2) is 11.5 Å². The fraction of sp³-hybridized carbons (Fsp3) is 0.133. The topological polar surface area (TPSA) is 89.8 Å². The van der Waals surface area contributed by atoms with Crippen molar-refractivity contribution < 1.29 is 46.5 Å². The molecule has 0 atom stereocenters. The molecule has 0 saturated carbocycles. The molecule has 11 heteroatoms. The summed E-state index contributed by atoms with van der Waals surface area (Å²) in [5.74, 6) is -3.93. The summed E-state index contributed by atoms with van der Waals surface area (Å²) in [7, 11) is 0. The molecular weight excluding hydrogens is 372 g/mol. The van der Waals surface area contributed by atoms with Gasteiger partial charge in [-0.3, -0.25) is 4.79 Å². The first-order chi connectivity index (χ1) is 11.8. The van der Waals surface area contributed by atoms with Gasteiger partial charge in [0, 0.05) is 11.8 Å². The molecule has 0 saturated heterocycles. The van der Waals surface area contributed by atoms with E-state index in [2.05, 4.69) is 0 Å². The van der Waals surface area contributed by atoms with Gasteiger partial charge in [0.05, 0.1) is 16.7 Å². The second-order valence-electron chi connectivity index (χ2n) is 5.11. The van der Waals surface area contributed by atoms with E-state index in [1.54, 1.807) is 5.32 Å². The highest BCUT2D eigenvalue weighted by atomic mass is 19.4. The Bertz CT molecular complexity index is 828. The summed E-state index contributed by atoms with van der Waals surface area (Å²) in [6.07, 6.45) is -10.2. The van der Waals surface area contributed by atoms with Crippen LogP contribution in [0.5, 0.6) is 17.2 Å². The average molecular weight is 381 g/mol. The molecule has 0 radical (unpaired) electrons. The first-order valence-corrected chi connectivity index (χ1v) is 6.65. The van der Waals surface area contributed by atoms with Gasteiger partial charge in [0.1, 0.15) is 5.75 Å². The molecule has 1 amide bonds. The Balaban J connectivity index is 2.48. The molecule has 0 spiro atoms. The maximum Gasteiger partial charge on any atom is 0.416 e. The van der Waals surface area contributed by atoms with E-state index >= 15 is 0 Å². The van der Waals surface area contributed by atoms with Crippen molar-refractivity contribution in [3.63, 3.8) is 0 Å². The van der Waals surface area contributed by atoms with Gasteiger partial charge < -0.3 is 20.6 Å². The predicted octanol–water partition coefficient (Wildman–Crippen LogP) is 4.09. The summed E-state index contributed by atoms with van der Waals surface area (Å²) in [4.78, 5) is 12.0. The highest BCUT2D eigenvalue weighted by molar-refractivity contribution is 6.07. The minimum atomic E-state index is -5.11. The lowest BCUT2D eigenvalue weighted by atomic mass is 10.1. The molecule has 2 aromatic carbocycles. The van der Waals surface area contributed by atoms with E-state index in [4.69, 9.17) is 0 Å². The highest BCUT2D eigenvalue weighted by Gasteiger charge is 2.37. The van der Waals surface area contributed by atoms with Crippen molar-refractivity contribution in [1.82, 2.24) is 0 Å². The Morgan fingerprint density at radius 2 is 1.31 bits per heavy atom. The smallest absolute Gasteiger partial charge is 0.416 e. The predicted molar refractivity (Wildman–Crippen MR) is 75.8 cm³/mol. The summed E-state index contributed by atoms with van der Waals surface area (Å²) in [5.41, 5.74) is -4.90. The zero-order valence-corrected chi connectivity index (χ0v) is 12.4.